The zero-order valence-corrected chi connectivity index (χ0v) is 18.5. The van der Waals surface area contributed by atoms with Crippen LogP contribution in [-0.2, 0) is 6.54 Å². The van der Waals surface area contributed by atoms with Crippen LogP contribution in [0.1, 0.15) is 12.5 Å². The molecular formula is C24H26FN7O. The quantitative estimate of drug-likeness (QED) is 0.473. The molecule has 8 nitrogen and oxygen atoms in total. The molecule has 2 aromatic carbocycles. The van der Waals surface area contributed by atoms with Gasteiger partial charge in [-0.1, -0.05) is 31.2 Å². The molecule has 0 unspecified atom stereocenters. The van der Waals surface area contributed by atoms with Crippen molar-refractivity contribution < 1.29 is 4.39 Å². The summed E-state index contributed by atoms with van der Waals surface area (Å²) in [6.45, 7) is 7.03. The molecule has 3 heterocycles. The normalized spacial score (nSPS) is 14.7. The standard InChI is InChI=1S/C24H26FN7O/c1-2-30-10-12-31(13-11-30)21-9-8-17(14-20(21)25)15-26-24-28-22-19(23(33)29-24)16-27-32(22)18-6-4-3-5-7-18/h3-9,14,16H,2,10-13,15H2,1H3,(H2,26,28,29,33). The zero-order valence-electron chi connectivity index (χ0n) is 18.5. The molecule has 1 aliphatic rings. The minimum atomic E-state index is -0.280. The second kappa shape index (κ2) is 9.03. The summed E-state index contributed by atoms with van der Waals surface area (Å²) < 4.78 is 16.5. The molecule has 1 saturated heterocycles. The Morgan fingerprint density at radius 2 is 1.88 bits per heavy atom. The number of aromatic nitrogens is 4. The van der Waals surface area contributed by atoms with Crippen LogP contribution in [0.5, 0.6) is 0 Å². The fourth-order valence-electron chi connectivity index (χ4n) is 4.17. The Morgan fingerprint density at radius 3 is 2.61 bits per heavy atom. The van der Waals surface area contributed by atoms with Crippen LogP contribution in [0.3, 0.4) is 0 Å². The number of hydrogen-bond donors (Lipinski definition) is 2. The highest BCUT2D eigenvalue weighted by atomic mass is 19.1. The van der Waals surface area contributed by atoms with Crippen LogP contribution in [0.15, 0.2) is 59.5 Å². The lowest BCUT2D eigenvalue weighted by Crippen LogP contribution is -2.46. The van der Waals surface area contributed by atoms with E-state index in [1.165, 1.54) is 6.20 Å². The number of H-pyrrole nitrogens is 1. The van der Waals surface area contributed by atoms with E-state index in [1.54, 1.807) is 10.7 Å². The zero-order chi connectivity index (χ0) is 22.8. The molecule has 0 atom stereocenters. The van der Waals surface area contributed by atoms with Crippen molar-refractivity contribution in [2.45, 2.75) is 13.5 Å². The first-order valence-corrected chi connectivity index (χ1v) is 11.2. The molecule has 9 heteroatoms. The van der Waals surface area contributed by atoms with E-state index in [2.05, 4.69) is 37.1 Å². The maximum atomic E-state index is 14.8. The summed E-state index contributed by atoms with van der Waals surface area (Å²) >= 11 is 0. The molecule has 170 valence electrons. The predicted octanol–water partition coefficient (Wildman–Crippen LogP) is 3.00. The first kappa shape index (κ1) is 21.1. The topological polar surface area (TPSA) is 82.1 Å². The van der Waals surface area contributed by atoms with Crippen LogP contribution in [0.4, 0.5) is 16.0 Å². The second-order valence-corrected chi connectivity index (χ2v) is 8.10. The van der Waals surface area contributed by atoms with Gasteiger partial charge in [-0.25, -0.2) is 9.07 Å². The van der Waals surface area contributed by atoms with Crippen LogP contribution < -0.4 is 15.8 Å². The molecule has 33 heavy (non-hydrogen) atoms. The lowest BCUT2D eigenvalue weighted by molar-refractivity contribution is 0.270. The van der Waals surface area contributed by atoms with Crippen molar-refractivity contribution in [1.29, 1.82) is 0 Å². The van der Waals surface area contributed by atoms with Crippen molar-refractivity contribution in [3.8, 4) is 5.69 Å². The summed E-state index contributed by atoms with van der Waals surface area (Å²) in [4.78, 5) is 24.3. The summed E-state index contributed by atoms with van der Waals surface area (Å²) in [6.07, 6.45) is 1.51. The fraction of sp³-hybridized carbons (Fsp3) is 0.292. The lowest BCUT2D eigenvalue weighted by atomic mass is 10.1. The first-order chi connectivity index (χ1) is 16.1. The molecule has 2 N–H and O–H groups in total. The fourth-order valence-corrected chi connectivity index (χ4v) is 4.17. The largest absolute Gasteiger partial charge is 0.367 e. The van der Waals surface area contributed by atoms with Crippen LogP contribution in [0.2, 0.25) is 0 Å². The average molecular weight is 448 g/mol. The van der Waals surface area contributed by atoms with Gasteiger partial charge in [-0.2, -0.15) is 10.1 Å². The lowest BCUT2D eigenvalue weighted by Gasteiger charge is -2.35. The average Bonchev–Trinajstić information content (AvgIpc) is 3.28. The van der Waals surface area contributed by atoms with Gasteiger partial charge in [0, 0.05) is 32.7 Å². The van der Waals surface area contributed by atoms with Crippen molar-refractivity contribution in [3.05, 3.63) is 76.5 Å². The van der Waals surface area contributed by atoms with Gasteiger partial charge in [-0.15, -0.1) is 0 Å². The van der Waals surface area contributed by atoms with E-state index in [9.17, 15) is 9.18 Å². The Balaban J connectivity index is 1.33. The Bertz CT molecular complexity index is 1310. The van der Waals surface area contributed by atoms with Gasteiger partial charge in [0.05, 0.1) is 17.6 Å². The third-order valence-electron chi connectivity index (χ3n) is 6.07. The summed E-state index contributed by atoms with van der Waals surface area (Å²) in [5.41, 5.74) is 2.39. The smallest absolute Gasteiger partial charge is 0.263 e. The van der Waals surface area contributed by atoms with Crippen molar-refractivity contribution in [3.63, 3.8) is 0 Å². The first-order valence-electron chi connectivity index (χ1n) is 11.2. The number of nitrogens with one attached hydrogen (secondary N) is 2. The molecule has 1 aliphatic heterocycles. The SMILES string of the molecule is CCN1CCN(c2ccc(CNc3nc4c(cnn4-c4ccccc4)c(=O)[nH]3)cc2F)CC1. The number of halogens is 1. The Kier molecular flexibility index (Phi) is 5.78. The predicted molar refractivity (Wildman–Crippen MR) is 128 cm³/mol. The number of likely N-dealkylation sites (N-methyl/N-ethyl adjacent to an activating group) is 1. The molecular weight excluding hydrogens is 421 g/mol. The summed E-state index contributed by atoms with van der Waals surface area (Å²) in [5.74, 6) is 0.0728. The van der Waals surface area contributed by atoms with Gasteiger partial charge in [-0.05, 0) is 36.4 Å². The van der Waals surface area contributed by atoms with Crippen molar-refractivity contribution in [2.24, 2.45) is 0 Å². The van der Waals surface area contributed by atoms with Crippen molar-refractivity contribution in [1.82, 2.24) is 24.6 Å². The Morgan fingerprint density at radius 1 is 1.09 bits per heavy atom. The van der Waals surface area contributed by atoms with Gasteiger partial charge in [0.15, 0.2) is 5.65 Å². The van der Waals surface area contributed by atoms with Crippen molar-refractivity contribution in [2.75, 3.05) is 42.9 Å². The second-order valence-electron chi connectivity index (χ2n) is 8.10. The van der Waals surface area contributed by atoms with E-state index in [0.29, 0.717) is 29.2 Å². The van der Waals surface area contributed by atoms with Gasteiger partial charge in [0.2, 0.25) is 5.95 Å². The molecule has 1 fully saturated rings. The van der Waals surface area contributed by atoms with Crippen LogP contribution >= 0.6 is 0 Å². The molecule has 0 aliphatic carbocycles. The highest BCUT2D eigenvalue weighted by Gasteiger charge is 2.18. The molecule has 0 amide bonds. The van der Waals surface area contributed by atoms with Gasteiger partial charge in [0.25, 0.3) is 5.56 Å². The Hall–Kier alpha value is -3.72. The van der Waals surface area contributed by atoms with E-state index in [-0.39, 0.29) is 11.4 Å². The van der Waals surface area contributed by atoms with Crippen LogP contribution in [-0.4, -0.2) is 57.4 Å². The van der Waals surface area contributed by atoms with E-state index in [0.717, 1.165) is 44.0 Å². The van der Waals surface area contributed by atoms with E-state index in [1.807, 2.05) is 42.5 Å². The molecule has 4 aromatic rings. The monoisotopic (exact) mass is 447 g/mol. The molecule has 0 radical (unpaired) electrons. The summed E-state index contributed by atoms with van der Waals surface area (Å²) in [7, 11) is 0. The van der Waals surface area contributed by atoms with Gasteiger partial charge in [-0.3, -0.25) is 9.78 Å². The number of piperazine rings is 1. The number of hydrogen-bond acceptors (Lipinski definition) is 6. The van der Waals surface area contributed by atoms with Gasteiger partial charge < -0.3 is 15.1 Å². The number of rotatable bonds is 6. The van der Waals surface area contributed by atoms with Crippen LogP contribution in [0.25, 0.3) is 16.7 Å². The maximum absolute atomic E-state index is 14.8. The highest BCUT2D eigenvalue weighted by molar-refractivity contribution is 5.76. The maximum Gasteiger partial charge on any atom is 0.263 e. The number of nitrogens with zero attached hydrogens (tertiary/aromatic N) is 5. The van der Waals surface area contributed by atoms with E-state index < -0.39 is 0 Å². The van der Waals surface area contributed by atoms with E-state index in [4.69, 9.17) is 0 Å². The van der Waals surface area contributed by atoms with Gasteiger partial charge in [0.1, 0.15) is 11.2 Å². The number of benzene rings is 2. The Labute approximate surface area is 190 Å². The summed E-state index contributed by atoms with van der Waals surface area (Å²) in [5, 5.41) is 7.82. The third kappa shape index (κ3) is 4.31. The summed E-state index contributed by atoms with van der Waals surface area (Å²) in [6, 6.07) is 14.8. The molecule has 0 bridgehead atoms. The minimum Gasteiger partial charge on any atom is -0.367 e. The molecule has 0 spiro atoms. The number of aromatic amines is 1. The molecule has 5 rings (SSSR count). The van der Waals surface area contributed by atoms with Gasteiger partial charge >= 0.3 is 0 Å². The van der Waals surface area contributed by atoms with Crippen molar-refractivity contribution >= 4 is 22.7 Å². The molecule has 2 aromatic heterocycles. The van der Waals surface area contributed by atoms with Crippen LogP contribution in [0, 0.1) is 5.82 Å². The highest BCUT2D eigenvalue weighted by Crippen LogP contribution is 2.22. The molecule has 0 saturated carbocycles. The van der Waals surface area contributed by atoms with E-state index >= 15 is 0 Å². The number of anilines is 2. The minimum absolute atomic E-state index is 0.238. The third-order valence-corrected chi connectivity index (χ3v) is 6.07. The number of fused-ring (bicyclic) bond motifs is 1. The number of para-hydroxylation sites is 1.